The van der Waals surface area contributed by atoms with Crippen molar-refractivity contribution in [3.63, 3.8) is 0 Å². The predicted octanol–water partition coefficient (Wildman–Crippen LogP) is 2.73. The van der Waals surface area contributed by atoms with Crippen molar-refractivity contribution < 1.29 is 9.90 Å². The number of hydrogen-bond acceptors (Lipinski definition) is 4. The van der Waals surface area contributed by atoms with Crippen LogP contribution in [0.4, 0.5) is 5.95 Å². The van der Waals surface area contributed by atoms with Crippen molar-refractivity contribution >= 4 is 11.9 Å². The van der Waals surface area contributed by atoms with E-state index in [1.807, 2.05) is 0 Å². The second-order valence-corrected chi connectivity index (χ2v) is 6.09. The van der Waals surface area contributed by atoms with E-state index in [1.165, 1.54) is 57.2 Å². The number of aromatic nitrogens is 2. The minimum atomic E-state index is -0.991. The Morgan fingerprint density at radius 1 is 1.15 bits per heavy atom. The van der Waals surface area contributed by atoms with Crippen LogP contribution in [0.3, 0.4) is 0 Å². The van der Waals surface area contributed by atoms with Crippen molar-refractivity contribution in [3.05, 3.63) is 18.0 Å². The molecule has 108 valence electrons. The SMILES string of the molecule is O=C(O)c1ccnc(N2CCC3(CCCCC3)CC2)n1. The fourth-order valence-corrected chi connectivity index (χ4v) is 3.60. The first-order chi connectivity index (χ1) is 9.69. The second-order valence-electron chi connectivity index (χ2n) is 6.09. The van der Waals surface area contributed by atoms with E-state index in [0.717, 1.165) is 13.1 Å². The summed E-state index contributed by atoms with van der Waals surface area (Å²) in [7, 11) is 0. The summed E-state index contributed by atoms with van der Waals surface area (Å²) in [4.78, 5) is 21.5. The van der Waals surface area contributed by atoms with Gasteiger partial charge in [-0.3, -0.25) is 0 Å². The van der Waals surface area contributed by atoms with Crippen molar-refractivity contribution in [1.29, 1.82) is 0 Å². The zero-order valence-electron chi connectivity index (χ0n) is 11.7. The molecule has 0 aromatic carbocycles. The molecule has 1 spiro atoms. The Morgan fingerprint density at radius 2 is 1.85 bits per heavy atom. The van der Waals surface area contributed by atoms with E-state index in [2.05, 4.69) is 14.9 Å². The Bertz CT molecular complexity index is 488. The van der Waals surface area contributed by atoms with E-state index in [-0.39, 0.29) is 5.69 Å². The molecule has 2 aliphatic rings. The molecule has 1 aromatic heterocycles. The molecule has 0 atom stereocenters. The van der Waals surface area contributed by atoms with Gasteiger partial charge in [0.1, 0.15) is 0 Å². The molecule has 1 saturated carbocycles. The lowest BCUT2D eigenvalue weighted by molar-refractivity contribution is 0.0690. The first-order valence-electron chi connectivity index (χ1n) is 7.50. The van der Waals surface area contributed by atoms with Crippen molar-refractivity contribution in [2.45, 2.75) is 44.9 Å². The number of aromatic carboxylic acids is 1. The van der Waals surface area contributed by atoms with Crippen molar-refractivity contribution in [3.8, 4) is 0 Å². The summed E-state index contributed by atoms with van der Waals surface area (Å²) in [6, 6.07) is 1.44. The molecule has 5 heteroatoms. The lowest BCUT2D eigenvalue weighted by atomic mass is 9.68. The molecule has 0 amide bonds. The van der Waals surface area contributed by atoms with Gasteiger partial charge in [0.2, 0.25) is 5.95 Å². The Balaban J connectivity index is 1.68. The molecule has 2 heterocycles. The molecule has 3 rings (SSSR count). The van der Waals surface area contributed by atoms with E-state index in [4.69, 9.17) is 5.11 Å². The minimum absolute atomic E-state index is 0.0768. The Hall–Kier alpha value is -1.65. The topological polar surface area (TPSA) is 66.3 Å². The summed E-state index contributed by atoms with van der Waals surface area (Å²) < 4.78 is 0. The van der Waals surface area contributed by atoms with Gasteiger partial charge in [-0.25, -0.2) is 14.8 Å². The Labute approximate surface area is 119 Å². The summed E-state index contributed by atoms with van der Waals surface area (Å²) in [5.41, 5.74) is 0.618. The quantitative estimate of drug-likeness (QED) is 0.899. The predicted molar refractivity (Wildman–Crippen MR) is 76.0 cm³/mol. The molecule has 5 nitrogen and oxygen atoms in total. The van der Waals surface area contributed by atoms with Gasteiger partial charge in [-0.05, 0) is 37.2 Å². The molecule has 0 bridgehead atoms. The summed E-state index contributed by atoms with van der Waals surface area (Å²) in [6.45, 7) is 1.89. The third kappa shape index (κ3) is 2.62. The smallest absolute Gasteiger partial charge is 0.354 e. The number of carboxylic acid groups (broad SMARTS) is 1. The average Bonchev–Trinajstić information content (AvgIpc) is 2.49. The zero-order valence-corrected chi connectivity index (χ0v) is 11.7. The molecular weight excluding hydrogens is 254 g/mol. The van der Waals surface area contributed by atoms with Crippen molar-refractivity contribution in [2.75, 3.05) is 18.0 Å². The highest BCUT2D eigenvalue weighted by Crippen LogP contribution is 2.44. The first kappa shape index (κ1) is 13.3. The maximum atomic E-state index is 11.0. The summed E-state index contributed by atoms with van der Waals surface area (Å²) in [5.74, 6) is -0.426. The van der Waals surface area contributed by atoms with Gasteiger partial charge in [-0.2, -0.15) is 0 Å². The molecule has 1 aromatic rings. The van der Waals surface area contributed by atoms with Gasteiger partial charge in [-0.1, -0.05) is 19.3 Å². The molecule has 1 N–H and O–H groups in total. The average molecular weight is 275 g/mol. The third-order valence-corrected chi connectivity index (χ3v) is 4.88. The second kappa shape index (κ2) is 5.38. The number of anilines is 1. The van der Waals surface area contributed by atoms with Gasteiger partial charge in [0.15, 0.2) is 5.69 Å². The van der Waals surface area contributed by atoms with E-state index >= 15 is 0 Å². The summed E-state index contributed by atoms with van der Waals surface area (Å²) in [5, 5.41) is 9.00. The monoisotopic (exact) mass is 275 g/mol. The highest BCUT2D eigenvalue weighted by molar-refractivity contribution is 5.85. The van der Waals surface area contributed by atoms with Crippen LogP contribution in [-0.4, -0.2) is 34.1 Å². The maximum Gasteiger partial charge on any atom is 0.354 e. The first-order valence-corrected chi connectivity index (χ1v) is 7.50. The zero-order chi connectivity index (χ0) is 14.0. The van der Waals surface area contributed by atoms with Crippen LogP contribution < -0.4 is 4.90 Å². The number of carboxylic acids is 1. The highest BCUT2D eigenvalue weighted by atomic mass is 16.4. The normalized spacial score (nSPS) is 21.9. The van der Waals surface area contributed by atoms with Gasteiger partial charge < -0.3 is 10.0 Å². The Morgan fingerprint density at radius 3 is 2.50 bits per heavy atom. The van der Waals surface area contributed by atoms with Crippen LogP contribution in [0.1, 0.15) is 55.4 Å². The van der Waals surface area contributed by atoms with Crippen LogP contribution in [-0.2, 0) is 0 Å². The van der Waals surface area contributed by atoms with Crippen LogP contribution in [0, 0.1) is 5.41 Å². The number of carbonyl (C=O) groups is 1. The number of piperidine rings is 1. The minimum Gasteiger partial charge on any atom is -0.477 e. The Kier molecular flexibility index (Phi) is 3.59. The number of hydrogen-bond donors (Lipinski definition) is 1. The lowest BCUT2D eigenvalue weighted by Gasteiger charge is -2.44. The highest BCUT2D eigenvalue weighted by Gasteiger charge is 2.36. The van der Waals surface area contributed by atoms with Crippen LogP contribution in [0.25, 0.3) is 0 Å². The van der Waals surface area contributed by atoms with Crippen LogP contribution >= 0.6 is 0 Å². The van der Waals surface area contributed by atoms with Crippen molar-refractivity contribution in [1.82, 2.24) is 9.97 Å². The van der Waals surface area contributed by atoms with Crippen molar-refractivity contribution in [2.24, 2.45) is 5.41 Å². The van der Waals surface area contributed by atoms with Crippen LogP contribution in [0.5, 0.6) is 0 Å². The fraction of sp³-hybridized carbons (Fsp3) is 0.667. The van der Waals surface area contributed by atoms with E-state index < -0.39 is 5.97 Å². The maximum absolute atomic E-state index is 11.0. The number of rotatable bonds is 2. The van der Waals surface area contributed by atoms with Gasteiger partial charge in [-0.15, -0.1) is 0 Å². The molecule has 1 aliphatic carbocycles. The van der Waals surface area contributed by atoms with E-state index in [0.29, 0.717) is 11.4 Å². The molecular formula is C15H21N3O2. The summed E-state index contributed by atoms with van der Waals surface area (Å²) in [6.07, 6.45) is 10.7. The summed E-state index contributed by atoms with van der Waals surface area (Å²) >= 11 is 0. The molecule has 1 saturated heterocycles. The van der Waals surface area contributed by atoms with Gasteiger partial charge in [0.05, 0.1) is 0 Å². The molecule has 0 radical (unpaired) electrons. The molecule has 1 aliphatic heterocycles. The fourth-order valence-electron chi connectivity index (χ4n) is 3.60. The molecule has 0 unspecified atom stereocenters. The van der Waals surface area contributed by atoms with Crippen LogP contribution in [0.15, 0.2) is 12.3 Å². The van der Waals surface area contributed by atoms with Gasteiger partial charge in [0.25, 0.3) is 0 Å². The molecule has 20 heavy (non-hydrogen) atoms. The van der Waals surface area contributed by atoms with Gasteiger partial charge in [0, 0.05) is 19.3 Å². The van der Waals surface area contributed by atoms with Gasteiger partial charge >= 0.3 is 5.97 Å². The van der Waals surface area contributed by atoms with Crippen LogP contribution in [0.2, 0.25) is 0 Å². The molecule has 2 fully saturated rings. The lowest BCUT2D eigenvalue weighted by Crippen LogP contribution is -2.41. The standard InChI is InChI=1S/C15H21N3O2/c19-13(20)12-4-9-16-14(17-12)18-10-7-15(8-11-18)5-2-1-3-6-15/h4,9H,1-3,5-8,10-11H2,(H,19,20). The largest absolute Gasteiger partial charge is 0.477 e. The van der Waals surface area contributed by atoms with E-state index in [1.54, 1.807) is 0 Å². The third-order valence-electron chi connectivity index (χ3n) is 4.88. The number of nitrogens with zero attached hydrogens (tertiary/aromatic N) is 3. The van der Waals surface area contributed by atoms with E-state index in [9.17, 15) is 4.79 Å².